The average Bonchev–Trinajstić information content (AvgIpc) is 2.50. The largest absolute Gasteiger partial charge is 0.489 e. The fraction of sp³-hybridized carbons (Fsp3) is 0.188. The van der Waals surface area contributed by atoms with Crippen molar-refractivity contribution in [3.63, 3.8) is 0 Å². The molecule has 21 heavy (non-hydrogen) atoms. The molecule has 0 fully saturated rings. The maximum Gasteiger partial charge on any atom is 0.137 e. The first-order valence-electron chi connectivity index (χ1n) is 6.42. The lowest BCUT2D eigenvalue weighted by molar-refractivity contribution is 0.304. The van der Waals surface area contributed by atoms with Gasteiger partial charge in [0, 0.05) is 12.0 Å². The average molecular weight is 352 g/mol. The van der Waals surface area contributed by atoms with Gasteiger partial charge in [-0.2, -0.15) is 0 Å². The van der Waals surface area contributed by atoms with Crippen LogP contribution in [0.25, 0.3) is 0 Å². The quantitative estimate of drug-likeness (QED) is 0.487. The SMILES string of the molecule is C/C(Cc1ccc(OCc2cccc(F)c2Br)cc1)=N/O. The summed E-state index contributed by atoms with van der Waals surface area (Å²) in [6.07, 6.45) is 0.590. The third kappa shape index (κ3) is 4.29. The summed E-state index contributed by atoms with van der Waals surface area (Å²) in [5.41, 5.74) is 2.43. The Hall–Kier alpha value is -1.88. The van der Waals surface area contributed by atoms with Crippen LogP contribution >= 0.6 is 15.9 Å². The number of ether oxygens (including phenoxy) is 1. The Bertz CT molecular complexity index is 641. The van der Waals surface area contributed by atoms with Crippen LogP contribution < -0.4 is 4.74 Å². The molecule has 0 heterocycles. The van der Waals surface area contributed by atoms with Crippen LogP contribution in [0.5, 0.6) is 5.75 Å². The molecule has 0 saturated carbocycles. The van der Waals surface area contributed by atoms with E-state index in [1.807, 2.05) is 30.3 Å². The molecular formula is C16H15BrFNO2. The van der Waals surface area contributed by atoms with Crippen molar-refractivity contribution in [2.75, 3.05) is 0 Å². The predicted molar refractivity (Wildman–Crippen MR) is 83.5 cm³/mol. The number of benzene rings is 2. The second-order valence-corrected chi connectivity index (χ2v) is 5.45. The minimum Gasteiger partial charge on any atom is -0.489 e. The summed E-state index contributed by atoms with van der Waals surface area (Å²) in [4.78, 5) is 0. The summed E-state index contributed by atoms with van der Waals surface area (Å²) in [7, 11) is 0. The van der Waals surface area contributed by atoms with E-state index in [1.165, 1.54) is 6.07 Å². The van der Waals surface area contributed by atoms with Crippen molar-refractivity contribution in [1.82, 2.24) is 0 Å². The van der Waals surface area contributed by atoms with Crippen LogP contribution in [0.15, 0.2) is 52.1 Å². The van der Waals surface area contributed by atoms with Crippen LogP contribution in [0.4, 0.5) is 4.39 Å². The van der Waals surface area contributed by atoms with Crippen LogP contribution in [0.3, 0.4) is 0 Å². The second kappa shape index (κ2) is 7.22. The highest BCUT2D eigenvalue weighted by atomic mass is 79.9. The van der Waals surface area contributed by atoms with Gasteiger partial charge in [-0.3, -0.25) is 0 Å². The summed E-state index contributed by atoms with van der Waals surface area (Å²) >= 11 is 3.21. The smallest absolute Gasteiger partial charge is 0.137 e. The van der Waals surface area contributed by atoms with E-state index >= 15 is 0 Å². The van der Waals surface area contributed by atoms with Crippen molar-refractivity contribution in [2.24, 2.45) is 5.16 Å². The zero-order valence-electron chi connectivity index (χ0n) is 11.5. The molecule has 5 heteroatoms. The fourth-order valence-electron chi connectivity index (χ4n) is 1.86. The summed E-state index contributed by atoms with van der Waals surface area (Å²) in [6.45, 7) is 2.04. The van der Waals surface area contributed by atoms with E-state index < -0.39 is 0 Å². The lowest BCUT2D eigenvalue weighted by atomic mass is 10.1. The van der Waals surface area contributed by atoms with Gasteiger partial charge in [0.15, 0.2) is 0 Å². The molecule has 0 bridgehead atoms. The Kier molecular flexibility index (Phi) is 5.33. The van der Waals surface area contributed by atoms with E-state index in [4.69, 9.17) is 9.94 Å². The molecule has 3 nitrogen and oxygen atoms in total. The van der Waals surface area contributed by atoms with Gasteiger partial charge in [0.05, 0.1) is 10.2 Å². The summed E-state index contributed by atoms with van der Waals surface area (Å²) in [5.74, 6) is 0.402. The Morgan fingerprint density at radius 2 is 1.95 bits per heavy atom. The first-order chi connectivity index (χ1) is 10.1. The lowest BCUT2D eigenvalue weighted by Crippen LogP contribution is -1.99. The molecule has 0 saturated heterocycles. The molecule has 0 aliphatic carbocycles. The highest BCUT2D eigenvalue weighted by molar-refractivity contribution is 9.10. The maximum atomic E-state index is 13.4. The van der Waals surface area contributed by atoms with Crippen molar-refractivity contribution in [3.8, 4) is 5.75 Å². The fourth-order valence-corrected chi connectivity index (χ4v) is 2.23. The Labute approximate surface area is 131 Å². The Balaban J connectivity index is 1.99. The van der Waals surface area contributed by atoms with Gasteiger partial charge in [-0.1, -0.05) is 29.4 Å². The van der Waals surface area contributed by atoms with Crippen LogP contribution in [0.1, 0.15) is 18.1 Å². The van der Waals surface area contributed by atoms with Crippen molar-refractivity contribution in [1.29, 1.82) is 0 Å². The number of hydrogen-bond acceptors (Lipinski definition) is 3. The molecule has 1 N–H and O–H groups in total. The van der Waals surface area contributed by atoms with Crippen LogP contribution in [0.2, 0.25) is 0 Å². The first-order valence-corrected chi connectivity index (χ1v) is 7.21. The van der Waals surface area contributed by atoms with Crippen molar-refractivity contribution in [2.45, 2.75) is 20.0 Å². The highest BCUT2D eigenvalue weighted by Crippen LogP contribution is 2.22. The van der Waals surface area contributed by atoms with Gasteiger partial charge in [0.1, 0.15) is 18.2 Å². The highest BCUT2D eigenvalue weighted by Gasteiger charge is 2.06. The second-order valence-electron chi connectivity index (χ2n) is 4.66. The molecule has 110 valence electrons. The van der Waals surface area contributed by atoms with Crippen molar-refractivity contribution < 1.29 is 14.3 Å². The molecule has 0 radical (unpaired) electrons. The molecule has 0 aliphatic rings. The monoisotopic (exact) mass is 351 g/mol. The van der Waals surface area contributed by atoms with Gasteiger partial charge >= 0.3 is 0 Å². The molecule has 0 aromatic heterocycles. The summed E-state index contributed by atoms with van der Waals surface area (Å²) in [6, 6.07) is 12.4. The molecule has 2 rings (SSSR count). The lowest BCUT2D eigenvalue weighted by Gasteiger charge is -2.09. The third-order valence-electron chi connectivity index (χ3n) is 2.98. The predicted octanol–water partition coefficient (Wildman–Crippen LogP) is 4.56. The van der Waals surface area contributed by atoms with E-state index in [0.717, 1.165) is 11.1 Å². The number of oxime groups is 1. The summed E-state index contributed by atoms with van der Waals surface area (Å²) in [5, 5.41) is 11.8. The van der Waals surface area contributed by atoms with Crippen LogP contribution in [-0.4, -0.2) is 10.9 Å². The molecule has 2 aromatic carbocycles. The zero-order chi connectivity index (χ0) is 15.2. The molecule has 0 spiro atoms. The number of nitrogens with zero attached hydrogens (tertiary/aromatic N) is 1. The molecule has 0 unspecified atom stereocenters. The molecule has 2 aromatic rings. The Morgan fingerprint density at radius 1 is 1.24 bits per heavy atom. The van der Waals surface area contributed by atoms with Gasteiger partial charge in [-0.05, 0) is 46.6 Å². The van der Waals surface area contributed by atoms with Gasteiger partial charge < -0.3 is 9.94 Å². The normalized spacial score (nSPS) is 11.5. The van der Waals surface area contributed by atoms with Gasteiger partial charge in [-0.25, -0.2) is 4.39 Å². The number of hydrogen-bond donors (Lipinski definition) is 1. The third-order valence-corrected chi connectivity index (χ3v) is 3.87. The van der Waals surface area contributed by atoms with Gasteiger partial charge in [-0.15, -0.1) is 0 Å². The van der Waals surface area contributed by atoms with E-state index in [9.17, 15) is 4.39 Å². The summed E-state index contributed by atoms with van der Waals surface area (Å²) < 4.78 is 19.4. The Morgan fingerprint density at radius 3 is 2.62 bits per heavy atom. The molecule has 0 amide bonds. The maximum absolute atomic E-state index is 13.4. The standard InChI is InChI=1S/C16H15BrFNO2/c1-11(19-20)9-12-5-7-14(8-6-12)21-10-13-3-2-4-15(18)16(13)17/h2-8,20H,9-10H2,1H3/b19-11-. The zero-order valence-corrected chi connectivity index (χ0v) is 13.1. The van der Waals surface area contributed by atoms with Crippen LogP contribution in [-0.2, 0) is 13.0 Å². The number of halogens is 2. The van der Waals surface area contributed by atoms with Crippen LogP contribution in [0, 0.1) is 5.82 Å². The van der Waals surface area contributed by atoms with E-state index in [2.05, 4.69) is 21.1 Å². The van der Waals surface area contributed by atoms with E-state index in [0.29, 0.717) is 22.4 Å². The molecular weight excluding hydrogens is 337 g/mol. The van der Waals surface area contributed by atoms with E-state index in [1.54, 1.807) is 13.0 Å². The van der Waals surface area contributed by atoms with Crippen molar-refractivity contribution >= 4 is 21.6 Å². The van der Waals surface area contributed by atoms with E-state index in [-0.39, 0.29) is 12.4 Å². The van der Waals surface area contributed by atoms with Gasteiger partial charge in [0.2, 0.25) is 0 Å². The first kappa shape index (κ1) is 15.5. The van der Waals surface area contributed by atoms with Crippen molar-refractivity contribution in [3.05, 3.63) is 63.9 Å². The minimum absolute atomic E-state index is 0.287. The topological polar surface area (TPSA) is 41.8 Å². The molecule has 0 aliphatic heterocycles. The number of rotatable bonds is 5. The molecule has 0 atom stereocenters. The minimum atomic E-state index is -0.301. The van der Waals surface area contributed by atoms with Gasteiger partial charge in [0.25, 0.3) is 0 Å².